The molecule has 176 valence electrons. The van der Waals surface area contributed by atoms with E-state index >= 15 is 0 Å². The SMILES string of the molecule is CC1(C)CC(CC(=N)OC(N)=O)c2cc(-c3ccc(Cl)cc3)c(-c3ccc(Cl)cc3Cl)nc2O1. The van der Waals surface area contributed by atoms with Gasteiger partial charge < -0.3 is 15.2 Å². The highest BCUT2D eigenvalue weighted by Crippen LogP contribution is 2.46. The summed E-state index contributed by atoms with van der Waals surface area (Å²) in [5, 5.41) is 9.65. The van der Waals surface area contributed by atoms with Crippen LogP contribution >= 0.6 is 34.8 Å². The number of benzene rings is 2. The summed E-state index contributed by atoms with van der Waals surface area (Å²) in [5.41, 5.74) is 8.37. The van der Waals surface area contributed by atoms with E-state index in [0.717, 1.165) is 16.7 Å². The smallest absolute Gasteiger partial charge is 0.411 e. The average Bonchev–Trinajstić information content (AvgIpc) is 2.72. The fourth-order valence-electron chi connectivity index (χ4n) is 4.20. The van der Waals surface area contributed by atoms with Crippen molar-refractivity contribution in [2.45, 2.75) is 38.2 Å². The molecule has 1 aliphatic rings. The number of carbonyl (C=O) groups is 1. The van der Waals surface area contributed by atoms with E-state index < -0.39 is 11.7 Å². The molecule has 6 nitrogen and oxygen atoms in total. The molecule has 0 fully saturated rings. The van der Waals surface area contributed by atoms with Crippen molar-refractivity contribution in [3.8, 4) is 28.3 Å². The summed E-state index contributed by atoms with van der Waals surface area (Å²) < 4.78 is 11.0. The number of primary amides is 1. The number of aromatic nitrogens is 1. The summed E-state index contributed by atoms with van der Waals surface area (Å²) >= 11 is 18.8. The molecule has 1 aromatic heterocycles. The highest BCUT2D eigenvalue weighted by Gasteiger charge is 2.37. The van der Waals surface area contributed by atoms with Crippen molar-refractivity contribution >= 4 is 46.8 Å². The van der Waals surface area contributed by atoms with E-state index in [0.29, 0.717) is 38.6 Å². The van der Waals surface area contributed by atoms with Crippen LogP contribution in [0.3, 0.4) is 0 Å². The number of amides is 1. The number of hydrogen-bond donors (Lipinski definition) is 2. The van der Waals surface area contributed by atoms with Gasteiger partial charge in [0.05, 0.1) is 10.7 Å². The number of fused-ring (bicyclic) bond motifs is 1. The second-order valence-electron chi connectivity index (χ2n) is 8.72. The zero-order valence-electron chi connectivity index (χ0n) is 18.5. The first-order valence-electron chi connectivity index (χ1n) is 10.5. The average molecular weight is 519 g/mol. The number of ether oxygens (including phenoxy) is 2. The Morgan fingerprint density at radius 2 is 1.79 bits per heavy atom. The lowest BCUT2D eigenvalue weighted by Crippen LogP contribution is -2.36. The van der Waals surface area contributed by atoms with Crippen molar-refractivity contribution < 1.29 is 14.3 Å². The molecule has 1 amide bonds. The van der Waals surface area contributed by atoms with E-state index in [2.05, 4.69) is 0 Å². The molecule has 0 saturated carbocycles. The maximum Gasteiger partial charge on any atom is 0.411 e. The Morgan fingerprint density at radius 1 is 1.12 bits per heavy atom. The zero-order chi connectivity index (χ0) is 24.6. The van der Waals surface area contributed by atoms with Crippen LogP contribution in [-0.4, -0.2) is 22.6 Å². The number of nitrogens with zero attached hydrogens (tertiary/aromatic N) is 1. The molecule has 0 saturated heterocycles. The first-order valence-corrected chi connectivity index (χ1v) is 11.7. The van der Waals surface area contributed by atoms with E-state index in [1.54, 1.807) is 24.3 Å². The van der Waals surface area contributed by atoms with Crippen LogP contribution in [0.25, 0.3) is 22.4 Å². The minimum Gasteiger partial charge on any atom is -0.471 e. The molecular formula is C25H22Cl3N3O3. The van der Waals surface area contributed by atoms with Gasteiger partial charge in [-0.25, -0.2) is 9.78 Å². The van der Waals surface area contributed by atoms with Crippen molar-refractivity contribution in [2.75, 3.05) is 0 Å². The van der Waals surface area contributed by atoms with Gasteiger partial charge in [-0.3, -0.25) is 5.41 Å². The molecule has 0 spiro atoms. The predicted octanol–water partition coefficient (Wildman–Crippen LogP) is 7.48. The lowest BCUT2D eigenvalue weighted by Gasteiger charge is -2.37. The van der Waals surface area contributed by atoms with Crippen LogP contribution in [0.15, 0.2) is 48.5 Å². The molecular weight excluding hydrogens is 497 g/mol. The van der Waals surface area contributed by atoms with Crippen molar-refractivity contribution in [3.63, 3.8) is 0 Å². The predicted molar refractivity (Wildman–Crippen MR) is 135 cm³/mol. The summed E-state index contributed by atoms with van der Waals surface area (Å²) in [6, 6.07) is 14.6. The summed E-state index contributed by atoms with van der Waals surface area (Å²) in [7, 11) is 0. The Labute approximate surface area is 212 Å². The van der Waals surface area contributed by atoms with Crippen LogP contribution < -0.4 is 10.5 Å². The van der Waals surface area contributed by atoms with Crippen LogP contribution in [0.1, 0.15) is 38.2 Å². The van der Waals surface area contributed by atoms with Gasteiger partial charge in [0, 0.05) is 39.1 Å². The van der Waals surface area contributed by atoms with Gasteiger partial charge >= 0.3 is 6.09 Å². The number of hydrogen-bond acceptors (Lipinski definition) is 5. The van der Waals surface area contributed by atoms with Gasteiger partial charge in [0.2, 0.25) is 5.88 Å². The maximum absolute atomic E-state index is 11.1. The molecule has 34 heavy (non-hydrogen) atoms. The number of nitrogens with two attached hydrogens (primary N) is 1. The largest absolute Gasteiger partial charge is 0.471 e. The number of pyridine rings is 1. The van der Waals surface area contributed by atoms with Crippen molar-refractivity contribution in [1.29, 1.82) is 5.41 Å². The topological polar surface area (TPSA) is 98.3 Å². The monoisotopic (exact) mass is 517 g/mol. The van der Waals surface area contributed by atoms with Crippen LogP contribution in [-0.2, 0) is 4.74 Å². The third-order valence-corrected chi connectivity index (χ3v) is 6.36. The fraction of sp³-hybridized carbons (Fsp3) is 0.240. The Hall–Kier alpha value is -2.80. The van der Waals surface area contributed by atoms with Gasteiger partial charge in [-0.15, -0.1) is 0 Å². The summed E-state index contributed by atoms with van der Waals surface area (Å²) in [6.45, 7) is 3.90. The lowest BCUT2D eigenvalue weighted by molar-refractivity contribution is 0.0664. The molecule has 4 rings (SSSR count). The van der Waals surface area contributed by atoms with Crippen LogP contribution in [0.4, 0.5) is 4.79 Å². The van der Waals surface area contributed by atoms with E-state index in [9.17, 15) is 4.79 Å². The Bertz CT molecular complexity index is 1280. The third kappa shape index (κ3) is 5.30. The molecule has 1 unspecified atom stereocenters. The molecule has 0 aliphatic carbocycles. The number of rotatable bonds is 4. The van der Waals surface area contributed by atoms with Gasteiger partial charge in [-0.05, 0) is 62.2 Å². The van der Waals surface area contributed by atoms with E-state index in [4.69, 9.17) is 60.4 Å². The van der Waals surface area contributed by atoms with Crippen LogP contribution in [0, 0.1) is 5.41 Å². The van der Waals surface area contributed by atoms with Gasteiger partial charge in [0.15, 0.2) is 5.90 Å². The molecule has 0 radical (unpaired) electrons. The van der Waals surface area contributed by atoms with Crippen molar-refractivity contribution in [2.24, 2.45) is 5.73 Å². The molecule has 9 heteroatoms. The summed E-state index contributed by atoms with van der Waals surface area (Å²) in [5.74, 6) is 0.0461. The fourth-order valence-corrected chi connectivity index (χ4v) is 4.82. The minimum atomic E-state index is -1.01. The van der Waals surface area contributed by atoms with Crippen LogP contribution in [0.5, 0.6) is 5.88 Å². The first kappa shape index (κ1) is 24.3. The first-order chi connectivity index (χ1) is 16.0. The third-order valence-electron chi connectivity index (χ3n) is 5.56. The molecule has 3 N–H and O–H groups in total. The second kappa shape index (κ2) is 9.45. The van der Waals surface area contributed by atoms with Crippen molar-refractivity contribution in [3.05, 3.63) is 69.2 Å². The van der Waals surface area contributed by atoms with E-state index in [1.165, 1.54) is 0 Å². The Kier molecular flexibility index (Phi) is 6.76. The lowest BCUT2D eigenvalue weighted by atomic mass is 9.82. The molecule has 0 bridgehead atoms. The summed E-state index contributed by atoms with van der Waals surface area (Å²) in [4.78, 5) is 16.0. The highest BCUT2D eigenvalue weighted by atomic mass is 35.5. The van der Waals surface area contributed by atoms with Crippen molar-refractivity contribution in [1.82, 2.24) is 4.98 Å². The van der Waals surface area contributed by atoms with E-state index in [1.807, 2.05) is 38.1 Å². The number of nitrogens with one attached hydrogen (secondary N) is 1. The van der Waals surface area contributed by atoms with Gasteiger partial charge in [-0.1, -0.05) is 46.9 Å². The molecule has 2 aromatic carbocycles. The Balaban J connectivity index is 1.90. The summed E-state index contributed by atoms with van der Waals surface area (Å²) in [6.07, 6.45) is -0.247. The molecule has 1 aliphatic heterocycles. The standard InChI is InChI=1S/C25H22Cl3N3O3/c1-25(2)12-14(9-21(29)33-24(30)32)19-11-18(13-3-5-15(26)6-4-13)22(31-23(19)34-25)17-8-7-16(27)10-20(17)28/h3-8,10-11,14,29H,9,12H2,1-2H3,(H2,30,32). The van der Waals surface area contributed by atoms with Gasteiger partial charge in [0.25, 0.3) is 0 Å². The molecule has 2 heterocycles. The normalized spacial score (nSPS) is 16.3. The zero-order valence-corrected chi connectivity index (χ0v) is 20.8. The highest BCUT2D eigenvalue weighted by molar-refractivity contribution is 6.36. The Morgan fingerprint density at radius 3 is 2.44 bits per heavy atom. The van der Waals surface area contributed by atoms with Crippen LogP contribution in [0.2, 0.25) is 15.1 Å². The van der Waals surface area contributed by atoms with Gasteiger partial charge in [-0.2, -0.15) is 0 Å². The van der Waals surface area contributed by atoms with Gasteiger partial charge in [0.1, 0.15) is 5.60 Å². The second-order valence-corrected chi connectivity index (χ2v) is 10.0. The number of halogens is 3. The molecule has 3 aromatic rings. The molecule has 1 atom stereocenters. The van der Waals surface area contributed by atoms with E-state index in [-0.39, 0.29) is 18.2 Å². The maximum atomic E-state index is 11.1. The quantitative estimate of drug-likeness (QED) is 0.276. The number of carbonyl (C=O) groups excluding carboxylic acids is 1. The minimum absolute atomic E-state index is 0.172.